The molecule has 2 rings (SSSR count). The lowest BCUT2D eigenvalue weighted by atomic mass is 9.90. The molecule has 0 saturated carbocycles. The number of carbonyl (C=O) groups excluding carboxylic acids is 1. The molecule has 0 heterocycles. The molecule has 0 amide bonds. The van der Waals surface area contributed by atoms with Crippen LogP contribution in [0.4, 0.5) is 0 Å². The Morgan fingerprint density at radius 3 is 2.64 bits per heavy atom. The van der Waals surface area contributed by atoms with Crippen LogP contribution >= 0.6 is 0 Å². The molecule has 0 aromatic heterocycles. The third kappa shape index (κ3) is 3.28. The number of rotatable bonds is 6. The summed E-state index contributed by atoms with van der Waals surface area (Å²) in [4.78, 5) is 11.7. The summed E-state index contributed by atoms with van der Waals surface area (Å²) in [6.45, 7) is 12.1. The molecule has 2 aromatic carbocycles. The number of benzene rings is 2. The van der Waals surface area contributed by atoms with E-state index in [1.54, 1.807) is 0 Å². The molecule has 114 valence electrons. The second kappa shape index (κ2) is 7.08. The Labute approximate surface area is 132 Å². The van der Waals surface area contributed by atoms with E-state index in [9.17, 15) is 4.79 Å². The molecule has 2 aromatic rings. The predicted molar refractivity (Wildman–Crippen MR) is 93.8 cm³/mol. The lowest BCUT2D eigenvalue weighted by molar-refractivity contribution is -0.143. The minimum atomic E-state index is -0.165. The van der Waals surface area contributed by atoms with Crippen molar-refractivity contribution in [3.63, 3.8) is 0 Å². The number of ether oxygens (including phenoxy) is 1. The molecule has 0 bridgehead atoms. The summed E-state index contributed by atoms with van der Waals surface area (Å²) in [5.41, 5.74) is 4.44. The van der Waals surface area contributed by atoms with Gasteiger partial charge in [-0.25, -0.2) is 0 Å². The maximum Gasteiger partial charge on any atom is 0.306 e. The summed E-state index contributed by atoms with van der Waals surface area (Å²) in [5, 5.41) is 2.33. The zero-order valence-corrected chi connectivity index (χ0v) is 13.3. The van der Waals surface area contributed by atoms with Crippen LogP contribution in [0.3, 0.4) is 0 Å². The van der Waals surface area contributed by atoms with E-state index in [-0.39, 0.29) is 5.97 Å². The summed E-state index contributed by atoms with van der Waals surface area (Å²) >= 11 is 0. The molecule has 0 aliphatic heterocycles. The fraction of sp³-hybridized carbons (Fsp3) is 0.250. The Balaban J connectivity index is 2.55. The average Bonchev–Trinajstić information content (AvgIpc) is 2.52. The Hall–Kier alpha value is -2.35. The fourth-order valence-corrected chi connectivity index (χ4v) is 2.76. The Kier molecular flexibility index (Phi) is 5.16. The summed E-state index contributed by atoms with van der Waals surface area (Å²) in [5.74, 6) is -0.165. The van der Waals surface area contributed by atoms with Crippen LogP contribution in [-0.2, 0) is 16.0 Å². The van der Waals surface area contributed by atoms with Crippen LogP contribution in [0.1, 0.15) is 35.6 Å². The van der Waals surface area contributed by atoms with Crippen molar-refractivity contribution in [2.45, 2.75) is 26.7 Å². The fourth-order valence-electron chi connectivity index (χ4n) is 2.76. The van der Waals surface area contributed by atoms with Crippen LogP contribution in [0.5, 0.6) is 0 Å². The van der Waals surface area contributed by atoms with Gasteiger partial charge in [0.25, 0.3) is 0 Å². The van der Waals surface area contributed by atoms with Crippen molar-refractivity contribution < 1.29 is 9.53 Å². The van der Waals surface area contributed by atoms with Crippen molar-refractivity contribution in [3.8, 4) is 0 Å². The molecule has 0 radical (unpaired) electrons. The first kappa shape index (κ1) is 16.0. The molecule has 0 N–H and O–H groups in total. The molecule has 0 atom stereocenters. The van der Waals surface area contributed by atoms with Crippen LogP contribution in [0.2, 0.25) is 0 Å². The summed E-state index contributed by atoms with van der Waals surface area (Å²) in [6, 6.07) is 8.48. The first-order chi connectivity index (χ1) is 10.6. The zero-order chi connectivity index (χ0) is 16.1. The maximum atomic E-state index is 11.7. The molecule has 0 aliphatic rings. The predicted octanol–water partition coefficient (Wildman–Crippen LogP) is 4.93. The quantitative estimate of drug-likeness (QED) is 0.706. The lowest BCUT2D eigenvalue weighted by Crippen LogP contribution is -2.06. The first-order valence-corrected chi connectivity index (χ1v) is 7.57. The van der Waals surface area contributed by atoms with Gasteiger partial charge in [0.1, 0.15) is 0 Å². The van der Waals surface area contributed by atoms with Crippen molar-refractivity contribution in [3.05, 3.63) is 59.7 Å². The van der Waals surface area contributed by atoms with Gasteiger partial charge in [0, 0.05) is 6.42 Å². The molecule has 0 fully saturated rings. The summed E-state index contributed by atoms with van der Waals surface area (Å²) < 4.78 is 5.04. The Morgan fingerprint density at radius 2 is 2.00 bits per heavy atom. The average molecular weight is 294 g/mol. The van der Waals surface area contributed by atoms with E-state index < -0.39 is 0 Å². The van der Waals surface area contributed by atoms with E-state index in [2.05, 4.69) is 44.3 Å². The van der Waals surface area contributed by atoms with E-state index in [1.807, 2.05) is 19.1 Å². The number of hydrogen-bond donors (Lipinski definition) is 0. The van der Waals surface area contributed by atoms with Gasteiger partial charge in [-0.2, -0.15) is 0 Å². The standard InChI is InChI=1S/C20H22O2/c1-5-15-13-16-9-8-14(4)12-19(16)18(17(15)6-2)10-11-20(21)22-7-3/h5-6,8-9,12-13H,1-2,7,10-11H2,3-4H3. The highest BCUT2D eigenvalue weighted by molar-refractivity contribution is 5.93. The lowest BCUT2D eigenvalue weighted by Gasteiger charge is -2.14. The van der Waals surface area contributed by atoms with Gasteiger partial charge >= 0.3 is 5.97 Å². The van der Waals surface area contributed by atoms with Crippen molar-refractivity contribution >= 4 is 28.9 Å². The number of fused-ring (bicyclic) bond motifs is 1. The minimum Gasteiger partial charge on any atom is -0.466 e. The topological polar surface area (TPSA) is 26.3 Å². The van der Waals surface area contributed by atoms with E-state index in [4.69, 9.17) is 4.74 Å². The number of esters is 1. The molecule has 0 spiro atoms. The number of carbonyl (C=O) groups is 1. The largest absolute Gasteiger partial charge is 0.466 e. The Bertz CT molecular complexity index is 726. The van der Waals surface area contributed by atoms with Gasteiger partial charge in [-0.05, 0) is 53.8 Å². The third-order valence-electron chi connectivity index (χ3n) is 3.79. The van der Waals surface area contributed by atoms with Crippen molar-refractivity contribution in [2.75, 3.05) is 6.61 Å². The molecule has 22 heavy (non-hydrogen) atoms. The van der Waals surface area contributed by atoms with Gasteiger partial charge < -0.3 is 4.74 Å². The zero-order valence-electron chi connectivity index (χ0n) is 13.3. The summed E-state index contributed by atoms with van der Waals surface area (Å²) in [6.07, 6.45) is 4.70. The van der Waals surface area contributed by atoms with E-state index in [0.29, 0.717) is 19.4 Å². The van der Waals surface area contributed by atoms with E-state index in [0.717, 1.165) is 22.1 Å². The maximum absolute atomic E-state index is 11.7. The molecule has 2 nitrogen and oxygen atoms in total. The van der Waals surface area contributed by atoms with Gasteiger partial charge in [-0.1, -0.05) is 49.1 Å². The molecule has 0 unspecified atom stereocenters. The minimum absolute atomic E-state index is 0.165. The highest BCUT2D eigenvalue weighted by Gasteiger charge is 2.12. The van der Waals surface area contributed by atoms with Gasteiger partial charge in [0.05, 0.1) is 6.61 Å². The smallest absolute Gasteiger partial charge is 0.306 e. The van der Waals surface area contributed by atoms with Gasteiger partial charge in [-0.15, -0.1) is 0 Å². The summed E-state index contributed by atoms with van der Waals surface area (Å²) in [7, 11) is 0. The van der Waals surface area contributed by atoms with Crippen molar-refractivity contribution in [1.29, 1.82) is 0 Å². The van der Waals surface area contributed by atoms with Crippen LogP contribution < -0.4 is 0 Å². The first-order valence-electron chi connectivity index (χ1n) is 7.57. The normalized spacial score (nSPS) is 10.5. The second-order valence-electron chi connectivity index (χ2n) is 5.30. The van der Waals surface area contributed by atoms with Crippen LogP contribution in [0, 0.1) is 6.92 Å². The highest BCUT2D eigenvalue weighted by Crippen LogP contribution is 2.30. The molecule has 0 saturated heterocycles. The Morgan fingerprint density at radius 1 is 1.23 bits per heavy atom. The van der Waals surface area contributed by atoms with Gasteiger partial charge in [0.2, 0.25) is 0 Å². The van der Waals surface area contributed by atoms with Crippen LogP contribution in [0.15, 0.2) is 37.4 Å². The number of aryl methyl sites for hydroxylation is 2. The molecular weight excluding hydrogens is 272 g/mol. The molecule has 2 heteroatoms. The van der Waals surface area contributed by atoms with Crippen molar-refractivity contribution in [1.82, 2.24) is 0 Å². The SMILES string of the molecule is C=Cc1cc2ccc(C)cc2c(CCC(=O)OCC)c1C=C. The van der Waals surface area contributed by atoms with E-state index >= 15 is 0 Å². The van der Waals surface area contributed by atoms with Gasteiger partial charge in [0.15, 0.2) is 0 Å². The van der Waals surface area contributed by atoms with Crippen molar-refractivity contribution in [2.24, 2.45) is 0 Å². The molecule has 0 aliphatic carbocycles. The molecular formula is C20H22O2. The van der Waals surface area contributed by atoms with Gasteiger partial charge in [-0.3, -0.25) is 4.79 Å². The van der Waals surface area contributed by atoms with Crippen LogP contribution in [0.25, 0.3) is 22.9 Å². The van der Waals surface area contributed by atoms with E-state index in [1.165, 1.54) is 10.9 Å². The number of hydrogen-bond acceptors (Lipinski definition) is 2. The second-order valence-corrected chi connectivity index (χ2v) is 5.30. The van der Waals surface area contributed by atoms with Crippen LogP contribution in [-0.4, -0.2) is 12.6 Å². The third-order valence-corrected chi connectivity index (χ3v) is 3.79. The monoisotopic (exact) mass is 294 g/mol. The highest BCUT2D eigenvalue weighted by atomic mass is 16.5.